The molecule has 0 fully saturated rings. The maximum atomic E-state index is 12.3. The van der Waals surface area contributed by atoms with Gasteiger partial charge in [0.15, 0.2) is 14.1 Å². The number of allylic oxidation sites excluding steroid dienone is 5. The summed E-state index contributed by atoms with van der Waals surface area (Å²) in [5.41, 5.74) is 2.10. The molecule has 164 valence electrons. The number of hydrogen-bond acceptors (Lipinski definition) is 4. The summed E-state index contributed by atoms with van der Waals surface area (Å²) in [5, 5.41) is 0. The summed E-state index contributed by atoms with van der Waals surface area (Å²) < 4.78 is 11.0. The van der Waals surface area contributed by atoms with Crippen LogP contribution in [-0.4, -0.2) is 33.3 Å². The summed E-state index contributed by atoms with van der Waals surface area (Å²) in [5.74, 6) is 0.0889. The zero-order valence-electron chi connectivity index (χ0n) is 19.1. The van der Waals surface area contributed by atoms with E-state index in [1.807, 2.05) is 0 Å². The van der Waals surface area contributed by atoms with Gasteiger partial charge in [-0.05, 0) is 57.3 Å². The van der Waals surface area contributed by atoms with Gasteiger partial charge >= 0.3 is 5.97 Å². The molecule has 0 heterocycles. The SMILES string of the molecule is CCCCCC(C=CC1=C(CC=CCCCC(=O)OC)C(=O)CC1)O[Si](C)(C)C. The number of unbranched alkanes of at least 4 members (excludes halogenated alkanes) is 3. The molecule has 0 saturated heterocycles. The highest BCUT2D eigenvalue weighted by Gasteiger charge is 2.22. The average Bonchev–Trinajstić information content (AvgIpc) is 3.01. The first-order valence-corrected chi connectivity index (χ1v) is 14.5. The van der Waals surface area contributed by atoms with Crippen LogP contribution in [0.5, 0.6) is 0 Å². The molecule has 0 saturated carbocycles. The second-order valence-corrected chi connectivity index (χ2v) is 13.2. The van der Waals surface area contributed by atoms with Crippen molar-refractivity contribution in [2.75, 3.05) is 7.11 Å². The number of rotatable bonds is 14. The molecule has 29 heavy (non-hydrogen) atoms. The molecule has 1 rings (SSSR count). The zero-order valence-corrected chi connectivity index (χ0v) is 20.1. The Morgan fingerprint density at radius 3 is 2.55 bits per heavy atom. The Morgan fingerprint density at radius 2 is 1.90 bits per heavy atom. The molecule has 0 spiro atoms. The normalized spacial score (nSPS) is 16.4. The van der Waals surface area contributed by atoms with Crippen LogP contribution in [0.4, 0.5) is 0 Å². The van der Waals surface area contributed by atoms with Gasteiger partial charge in [-0.25, -0.2) is 0 Å². The molecule has 0 amide bonds. The summed E-state index contributed by atoms with van der Waals surface area (Å²) >= 11 is 0. The molecular weight excluding hydrogens is 380 g/mol. The van der Waals surface area contributed by atoms with Gasteiger partial charge in [0.05, 0.1) is 13.2 Å². The Balaban J connectivity index is 2.68. The zero-order chi connectivity index (χ0) is 21.7. The van der Waals surface area contributed by atoms with Crippen molar-refractivity contribution in [1.29, 1.82) is 0 Å². The van der Waals surface area contributed by atoms with Crippen molar-refractivity contribution in [2.45, 2.75) is 96.9 Å². The molecule has 0 aliphatic heterocycles. The van der Waals surface area contributed by atoms with E-state index in [4.69, 9.17) is 4.43 Å². The predicted octanol–water partition coefficient (Wildman–Crippen LogP) is 6.29. The highest BCUT2D eigenvalue weighted by molar-refractivity contribution is 6.69. The monoisotopic (exact) mass is 420 g/mol. The maximum absolute atomic E-state index is 12.3. The van der Waals surface area contributed by atoms with Gasteiger partial charge in [0.1, 0.15) is 0 Å². The summed E-state index contributed by atoms with van der Waals surface area (Å²) in [4.78, 5) is 23.4. The molecule has 1 atom stereocenters. The van der Waals surface area contributed by atoms with Crippen molar-refractivity contribution < 1.29 is 18.8 Å². The van der Waals surface area contributed by atoms with Gasteiger partial charge < -0.3 is 9.16 Å². The Kier molecular flexibility index (Phi) is 12.1. The highest BCUT2D eigenvalue weighted by Crippen LogP contribution is 2.27. The van der Waals surface area contributed by atoms with Crippen LogP contribution in [-0.2, 0) is 18.8 Å². The second-order valence-electron chi connectivity index (χ2n) is 8.69. The molecular formula is C24H40O4Si. The van der Waals surface area contributed by atoms with Crippen molar-refractivity contribution in [2.24, 2.45) is 0 Å². The highest BCUT2D eigenvalue weighted by atomic mass is 28.4. The molecule has 1 aliphatic rings. The fourth-order valence-corrected chi connectivity index (χ4v) is 4.52. The van der Waals surface area contributed by atoms with Crippen molar-refractivity contribution >= 4 is 20.1 Å². The lowest BCUT2D eigenvalue weighted by Gasteiger charge is -2.24. The lowest BCUT2D eigenvalue weighted by atomic mass is 10.0. The molecule has 0 aromatic rings. The first kappa shape index (κ1) is 25.6. The van der Waals surface area contributed by atoms with Crippen LogP contribution in [0.1, 0.15) is 71.1 Å². The third kappa shape index (κ3) is 11.3. The summed E-state index contributed by atoms with van der Waals surface area (Å²) in [7, 11) is -0.200. The minimum atomic E-state index is -1.61. The van der Waals surface area contributed by atoms with Gasteiger partial charge in [-0.2, -0.15) is 0 Å². The number of carbonyl (C=O) groups excluding carboxylic acids is 2. The standard InChI is InChI=1S/C24H40O4Si/c1-6-7-10-13-21(28-29(3,4)5)18-16-20-17-19-23(25)22(20)14-11-8-9-12-15-24(26)27-2/h8,11,16,18,21H,6-7,9-10,12-15,17,19H2,1-5H3. The lowest BCUT2D eigenvalue weighted by Crippen LogP contribution is -2.31. The molecule has 1 unspecified atom stereocenters. The Hall–Kier alpha value is -1.46. The van der Waals surface area contributed by atoms with E-state index in [0.717, 1.165) is 36.8 Å². The first-order chi connectivity index (χ1) is 13.8. The fraction of sp³-hybridized carbons (Fsp3) is 0.667. The molecule has 0 bridgehead atoms. The summed E-state index contributed by atoms with van der Waals surface area (Å²) in [6, 6.07) is 0. The van der Waals surface area contributed by atoms with Crippen LogP contribution in [0.2, 0.25) is 19.6 Å². The van der Waals surface area contributed by atoms with E-state index in [9.17, 15) is 9.59 Å². The van der Waals surface area contributed by atoms with Gasteiger partial charge in [-0.15, -0.1) is 0 Å². The Morgan fingerprint density at radius 1 is 1.14 bits per heavy atom. The third-order valence-electron chi connectivity index (χ3n) is 4.92. The van der Waals surface area contributed by atoms with Crippen LogP contribution in [0, 0.1) is 0 Å². The van der Waals surface area contributed by atoms with Gasteiger partial charge in [-0.3, -0.25) is 9.59 Å². The molecule has 0 aromatic heterocycles. The van der Waals surface area contributed by atoms with E-state index in [0.29, 0.717) is 19.3 Å². The van der Waals surface area contributed by atoms with Crippen LogP contribution in [0.3, 0.4) is 0 Å². The van der Waals surface area contributed by atoms with Crippen LogP contribution >= 0.6 is 0 Å². The van der Waals surface area contributed by atoms with Crippen LogP contribution in [0.15, 0.2) is 35.5 Å². The Bertz CT molecular complexity index is 611. The van der Waals surface area contributed by atoms with Gasteiger partial charge in [0, 0.05) is 18.4 Å². The van der Waals surface area contributed by atoms with E-state index < -0.39 is 8.32 Å². The van der Waals surface area contributed by atoms with Crippen molar-refractivity contribution in [3.63, 3.8) is 0 Å². The minimum absolute atomic E-state index is 0.145. The number of ether oxygens (including phenoxy) is 1. The number of Topliss-reactive ketones (excluding diaryl/α,β-unsaturated/α-hetero) is 1. The first-order valence-electron chi connectivity index (χ1n) is 11.1. The third-order valence-corrected chi connectivity index (χ3v) is 5.93. The van der Waals surface area contributed by atoms with E-state index in [1.165, 1.54) is 26.4 Å². The quantitative estimate of drug-likeness (QED) is 0.143. The summed E-state index contributed by atoms with van der Waals surface area (Å²) in [6.07, 6.45) is 17.4. The van der Waals surface area contributed by atoms with E-state index in [2.05, 4.69) is 55.6 Å². The molecule has 4 nitrogen and oxygen atoms in total. The van der Waals surface area contributed by atoms with Gasteiger partial charge in [0.25, 0.3) is 0 Å². The van der Waals surface area contributed by atoms with Crippen molar-refractivity contribution in [3.05, 3.63) is 35.5 Å². The molecule has 1 aliphatic carbocycles. The number of carbonyl (C=O) groups is 2. The summed E-state index contributed by atoms with van der Waals surface area (Å²) in [6.45, 7) is 8.89. The minimum Gasteiger partial charge on any atom is -0.469 e. The molecule has 5 heteroatoms. The lowest BCUT2D eigenvalue weighted by molar-refractivity contribution is -0.140. The topological polar surface area (TPSA) is 52.6 Å². The fourth-order valence-electron chi connectivity index (χ4n) is 3.41. The number of esters is 1. The average molecular weight is 421 g/mol. The number of ketones is 1. The molecule has 0 radical (unpaired) electrons. The maximum Gasteiger partial charge on any atom is 0.305 e. The van der Waals surface area contributed by atoms with Crippen LogP contribution in [0.25, 0.3) is 0 Å². The molecule has 0 N–H and O–H groups in total. The number of hydrogen-bond donors (Lipinski definition) is 0. The van der Waals surface area contributed by atoms with Crippen molar-refractivity contribution in [1.82, 2.24) is 0 Å². The van der Waals surface area contributed by atoms with E-state index >= 15 is 0 Å². The van der Waals surface area contributed by atoms with Gasteiger partial charge in [0.2, 0.25) is 0 Å². The van der Waals surface area contributed by atoms with Crippen LogP contribution < -0.4 is 0 Å². The van der Waals surface area contributed by atoms with E-state index in [-0.39, 0.29) is 17.9 Å². The smallest absolute Gasteiger partial charge is 0.305 e. The molecule has 0 aromatic carbocycles. The largest absolute Gasteiger partial charge is 0.469 e. The van der Waals surface area contributed by atoms with Gasteiger partial charge in [-0.1, -0.05) is 50.5 Å². The number of methoxy groups -OCH3 is 1. The Labute approximate surface area is 178 Å². The second kappa shape index (κ2) is 13.7. The van der Waals surface area contributed by atoms with Crippen molar-refractivity contribution in [3.8, 4) is 0 Å². The predicted molar refractivity (Wildman–Crippen MR) is 122 cm³/mol. The van der Waals surface area contributed by atoms with E-state index in [1.54, 1.807) is 0 Å².